The number of carbonyl (C=O) groups is 2. The molecule has 5 heteroatoms. The molecule has 0 unspecified atom stereocenters. The zero-order valence-electron chi connectivity index (χ0n) is 12.7. The molecular weight excluding hydrogens is 280 g/mol. The van der Waals surface area contributed by atoms with Crippen LogP contribution in [0.4, 0.5) is 0 Å². The minimum absolute atomic E-state index is 0.108. The van der Waals surface area contributed by atoms with Crippen LogP contribution in [0.5, 0.6) is 5.75 Å². The first-order chi connectivity index (χ1) is 10.5. The predicted molar refractivity (Wildman–Crippen MR) is 83.9 cm³/mol. The number of hydrogen-bond donors (Lipinski definition) is 1. The fourth-order valence-electron chi connectivity index (χ4n) is 2.84. The van der Waals surface area contributed by atoms with Gasteiger partial charge in [-0.25, -0.2) is 0 Å². The maximum Gasteiger partial charge on any atom is 0.261 e. The number of phenols is 1. The molecule has 0 aromatic heterocycles. The maximum atomic E-state index is 12.8. The summed E-state index contributed by atoms with van der Waals surface area (Å²) in [6.45, 7) is 1.00. The summed E-state index contributed by atoms with van der Waals surface area (Å²) < 4.78 is 0. The molecule has 0 atom stereocenters. The van der Waals surface area contributed by atoms with Crippen LogP contribution in [0.25, 0.3) is 10.8 Å². The van der Waals surface area contributed by atoms with Crippen LogP contribution in [-0.2, 0) is 11.2 Å². The molecule has 1 heterocycles. The Morgan fingerprint density at radius 3 is 2.55 bits per heavy atom. The summed E-state index contributed by atoms with van der Waals surface area (Å²) in [4.78, 5) is 28.2. The van der Waals surface area contributed by atoms with Crippen molar-refractivity contribution in [3.8, 4) is 5.75 Å². The van der Waals surface area contributed by atoms with E-state index in [-0.39, 0.29) is 24.0 Å². The van der Waals surface area contributed by atoms with Gasteiger partial charge in [-0.1, -0.05) is 24.3 Å². The number of carbonyl (C=O) groups excluding carboxylic acids is 2. The number of likely N-dealkylation sites (N-methyl/N-ethyl adjacent to an activating group) is 1. The highest BCUT2D eigenvalue weighted by Gasteiger charge is 2.32. The van der Waals surface area contributed by atoms with Crippen molar-refractivity contribution in [2.24, 2.45) is 0 Å². The third-order valence-electron chi connectivity index (χ3n) is 3.98. The molecule has 2 aromatic rings. The van der Waals surface area contributed by atoms with Crippen LogP contribution in [-0.4, -0.2) is 53.9 Å². The highest BCUT2D eigenvalue weighted by molar-refractivity contribution is 6.17. The molecule has 1 aliphatic heterocycles. The Labute approximate surface area is 128 Å². The summed E-state index contributed by atoms with van der Waals surface area (Å²) in [6, 6.07) is 8.77. The summed E-state index contributed by atoms with van der Waals surface area (Å²) in [5.41, 5.74) is 1.14. The molecule has 0 aliphatic carbocycles. The van der Waals surface area contributed by atoms with Crippen LogP contribution in [0.1, 0.15) is 15.9 Å². The van der Waals surface area contributed by atoms with E-state index in [2.05, 4.69) is 0 Å². The molecule has 3 rings (SSSR count). The van der Waals surface area contributed by atoms with Gasteiger partial charge in [0.05, 0.1) is 12.0 Å². The summed E-state index contributed by atoms with van der Waals surface area (Å²) in [7, 11) is 3.81. The minimum Gasteiger partial charge on any atom is -0.507 e. The molecule has 2 amide bonds. The largest absolute Gasteiger partial charge is 0.507 e. The van der Waals surface area contributed by atoms with E-state index in [1.807, 2.05) is 37.2 Å². The quantitative estimate of drug-likeness (QED) is 0.875. The van der Waals surface area contributed by atoms with Crippen molar-refractivity contribution in [2.75, 3.05) is 27.2 Å². The number of rotatable bonds is 3. The normalized spacial score (nSPS) is 14.8. The van der Waals surface area contributed by atoms with E-state index in [9.17, 15) is 14.7 Å². The predicted octanol–water partition coefficient (Wildman–Crippen LogP) is 1.63. The molecule has 0 fully saturated rings. The van der Waals surface area contributed by atoms with E-state index in [1.165, 1.54) is 11.0 Å². The van der Waals surface area contributed by atoms with Crippen molar-refractivity contribution in [3.05, 3.63) is 41.5 Å². The lowest BCUT2D eigenvalue weighted by molar-refractivity contribution is -0.128. The van der Waals surface area contributed by atoms with Crippen molar-refractivity contribution in [3.63, 3.8) is 0 Å². The summed E-state index contributed by atoms with van der Waals surface area (Å²) in [5, 5.41) is 11.4. The zero-order chi connectivity index (χ0) is 15.9. The molecular formula is C17H18N2O3. The lowest BCUT2D eigenvalue weighted by Gasteiger charge is -2.29. The van der Waals surface area contributed by atoms with E-state index >= 15 is 0 Å². The molecule has 5 nitrogen and oxygen atoms in total. The van der Waals surface area contributed by atoms with Gasteiger partial charge in [-0.3, -0.25) is 14.5 Å². The van der Waals surface area contributed by atoms with Gasteiger partial charge in [0.2, 0.25) is 5.91 Å². The molecule has 0 radical (unpaired) electrons. The second-order valence-corrected chi connectivity index (χ2v) is 5.81. The van der Waals surface area contributed by atoms with Gasteiger partial charge >= 0.3 is 0 Å². The molecule has 22 heavy (non-hydrogen) atoms. The van der Waals surface area contributed by atoms with Gasteiger partial charge in [-0.05, 0) is 31.1 Å². The van der Waals surface area contributed by atoms with Crippen LogP contribution in [0, 0.1) is 0 Å². The Morgan fingerprint density at radius 1 is 1.18 bits per heavy atom. The highest BCUT2D eigenvalue weighted by atomic mass is 16.3. The SMILES string of the molecule is CN(C)CCN1C(=O)Cc2cc(O)c3ccccc3c2C1=O. The van der Waals surface area contributed by atoms with E-state index in [4.69, 9.17) is 0 Å². The second-order valence-electron chi connectivity index (χ2n) is 5.81. The van der Waals surface area contributed by atoms with Gasteiger partial charge in [-0.2, -0.15) is 0 Å². The van der Waals surface area contributed by atoms with E-state index in [0.717, 1.165) is 0 Å². The fraction of sp³-hybridized carbons (Fsp3) is 0.294. The first-order valence-electron chi connectivity index (χ1n) is 7.22. The number of benzene rings is 2. The van der Waals surface area contributed by atoms with Crippen molar-refractivity contribution in [1.82, 2.24) is 9.80 Å². The molecule has 0 saturated heterocycles. The molecule has 114 valence electrons. The van der Waals surface area contributed by atoms with Gasteiger partial charge in [0.15, 0.2) is 0 Å². The Kier molecular flexibility index (Phi) is 3.58. The smallest absolute Gasteiger partial charge is 0.261 e. The number of aromatic hydroxyl groups is 1. The lowest BCUT2D eigenvalue weighted by atomic mass is 9.92. The van der Waals surface area contributed by atoms with Crippen LogP contribution < -0.4 is 0 Å². The Bertz CT molecular complexity index is 768. The first kappa shape index (κ1) is 14.5. The van der Waals surface area contributed by atoms with Crippen molar-refractivity contribution >= 4 is 22.6 Å². The van der Waals surface area contributed by atoms with Gasteiger partial charge < -0.3 is 10.0 Å². The van der Waals surface area contributed by atoms with Crippen molar-refractivity contribution in [1.29, 1.82) is 0 Å². The van der Waals surface area contributed by atoms with Gasteiger partial charge in [0.25, 0.3) is 5.91 Å². The Hall–Kier alpha value is -2.40. The summed E-state index contributed by atoms with van der Waals surface area (Å²) in [6.07, 6.45) is 0.146. The third-order valence-corrected chi connectivity index (χ3v) is 3.98. The number of imide groups is 1. The molecule has 2 aromatic carbocycles. The zero-order valence-corrected chi connectivity index (χ0v) is 12.7. The molecule has 0 bridgehead atoms. The lowest BCUT2D eigenvalue weighted by Crippen LogP contribution is -2.45. The van der Waals surface area contributed by atoms with Crippen LogP contribution in [0.3, 0.4) is 0 Å². The minimum atomic E-state index is -0.274. The first-order valence-corrected chi connectivity index (χ1v) is 7.22. The van der Waals surface area contributed by atoms with Gasteiger partial charge in [0, 0.05) is 18.5 Å². The summed E-state index contributed by atoms with van der Waals surface area (Å²) >= 11 is 0. The standard InChI is InChI=1S/C17H18N2O3/c1-18(2)7-8-19-15(21)10-11-9-14(20)12-5-3-4-6-13(12)16(11)17(19)22/h3-6,9,20H,7-8,10H2,1-2H3. The van der Waals surface area contributed by atoms with E-state index < -0.39 is 0 Å². The van der Waals surface area contributed by atoms with Crippen molar-refractivity contribution in [2.45, 2.75) is 6.42 Å². The topological polar surface area (TPSA) is 60.9 Å². The van der Waals surface area contributed by atoms with Gasteiger partial charge in [-0.15, -0.1) is 0 Å². The number of phenolic OH excluding ortho intramolecular Hbond substituents is 1. The van der Waals surface area contributed by atoms with Crippen LogP contribution in [0.2, 0.25) is 0 Å². The summed E-state index contributed by atoms with van der Waals surface area (Å²) in [5.74, 6) is -0.380. The average Bonchev–Trinajstić information content (AvgIpc) is 2.46. The molecule has 0 saturated carbocycles. The highest BCUT2D eigenvalue weighted by Crippen LogP contribution is 2.34. The van der Waals surface area contributed by atoms with Crippen LogP contribution >= 0.6 is 0 Å². The fourth-order valence-corrected chi connectivity index (χ4v) is 2.84. The average molecular weight is 298 g/mol. The van der Waals surface area contributed by atoms with E-state index in [0.29, 0.717) is 35.0 Å². The number of nitrogens with zero attached hydrogens (tertiary/aromatic N) is 2. The van der Waals surface area contributed by atoms with Crippen molar-refractivity contribution < 1.29 is 14.7 Å². The number of amides is 2. The maximum absolute atomic E-state index is 12.8. The van der Waals surface area contributed by atoms with E-state index in [1.54, 1.807) is 6.07 Å². The number of fused-ring (bicyclic) bond motifs is 3. The molecule has 1 aliphatic rings. The third kappa shape index (κ3) is 2.33. The monoisotopic (exact) mass is 298 g/mol. The second kappa shape index (κ2) is 5.42. The van der Waals surface area contributed by atoms with Gasteiger partial charge in [0.1, 0.15) is 5.75 Å². The Morgan fingerprint density at radius 2 is 1.86 bits per heavy atom. The number of hydrogen-bond acceptors (Lipinski definition) is 4. The molecule has 1 N–H and O–H groups in total. The Balaban J connectivity index is 2.11. The van der Waals surface area contributed by atoms with Crippen LogP contribution in [0.15, 0.2) is 30.3 Å². The molecule has 0 spiro atoms.